The third-order valence-corrected chi connectivity index (χ3v) is 1.64. The topological polar surface area (TPSA) is 71.9 Å². The Bertz CT molecular complexity index is 438. The predicted octanol–water partition coefficient (Wildman–Crippen LogP) is 1.90. The summed E-state index contributed by atoms with van der Waals surface area (Å²) >= 11 is 0. The zero-order valence-corrected chi connectivity index (χ0v) is 7.68. The Morgan fingerprint density at radius 1 is 1.50 bits per heavy atom. The number of anilines is 1. The van der Waals surface area contributed by atoms with Gasteiger partial charge in [0, 0.05) is 11.8 Å². The number of alkyl halides is 4. The number of nitrogens with zero attached hydrogens (tertiary/aromatic N) is 2. The third kappa shape index (κ3) is 2.50. The molecule has 16 heavy (non-hydrogen) atoms. The molecule has 0 aliphatic heterocycles. The summed E-state index contributed by atoms with van der Waals surface area (Å²) in [6, 6.07) is 1.49. The Morgan fingerprint density at radius 3 is 2.56 bits per heavy atom. The van der Waals surface area contributed by atoms with Crippen molar-refractivity contribution in [2.24, 2.45) is 0 Å². The molecule has 86 valence electrons. The number of ether oxygens (including phenoxy) is 1. The van der Waals surface area contributed by atoms with Crippen molar-refractivity contribution in [3.63, 3.8) is 0 Å². The number of hydrogen-bond acceptors (Lipinski definition) is 4. The van der Waals surface area contributed by atoms with Crippen molar-refractivity contribution in [3.8, 4) is 11.8 Å². The van der Waals surface area contributed by atoms with E-state index in [4.69, 9.17) is 11.0 Å². The Labute approximate surface area is 87.3 Å². The number of rotatable bonds is 2. The van der Waals surface area contributed by atoms with Crippen LogP contribution in [-0.4, -0.2) is 11.3 Å². The Kier molecular flexibility index (Phi) is 3.17. The van der Waals surface area contributed by atoms with Crippen molar-refractivity contribution >= 4 is 5.82 Å². The number of nitriles is 1. The van der Waals surface area contributed by atoms with Gasteiger partial charge in [-0.1, -0.05) is 0 Å². The number of hydrogen-bond donors (Lipinski definition) is 1. The number of pyridine rings is 1. The molecule has 0 aliphatic rings. The van der Waals surface area contributed by atoms with Crippen LogP contribution in [0.25, 0.3) is 0 Å². The van der Waals surface area contributed by atoms with E-state index in [9.17, 15) is 17.6 Å². The normalized spacial score (nSPS) is 10.9. The summed E-state index contributed by atoms with van der Waals surface area (Å²) in [5, 5.41) is 8.53. The van der Waals surface area contributed by atoms with E-state index in [1.165, 1.54) is 6.07 Å². The summed E-state index contributed by atoms with van der Waals surface area (Å²) in [5.74, 6) is -1.59. The molecule has 0 amide bonds. The highest BCUT2D eigenvalue weighted by Crippen LogP contribution is 2.32. The quantitative estimate of drug-likeness (QED) is 0.794. The number of aromatic nitrogens is 1. The van der Waals surface area contributed by atoms with Gasteiger partial charge in [-0.3, -0.25) is 0 Å². The molecule has 0 unspecified atom stereocenters. The van der Waals surface area contributed by atoms with Crippen molar-refractivity contribution in [1.82, 2.24) is 4.98 Å². The van der Waals surface area contributed by atoms with Gasteiger partial charge in [-0.05, 0) is 0 Å². The van der Waals surface area contributed by atoms with Gasteiger partial charge in [0.1, 0.15) is 12.7 Å². The first-order chi connectivity index (χ1) is 7.39. The van der Waals surface area contributed by atoms with Gasteiger partial charge in [0.2, 0.25) is 0 Å². The van der Waals surface area contributed by atoms with E-state index in [1.54, 1.807) is 0 Å². The second-order valence-corrected chi connectivity index (χ2v) is 2.66. The minimum absolute atomic E-state index is 0.351. The molecule has 4 nitrogen and oxygen atoms in total. The summed E-state index contributed by atoms with van der Waals surface area (Å²) in [4.78, 5) is 3.31. The first kappa shape index (κ1) is 12.0. The van der Waals surface area contributed by atoms with Gasteiger partial charge in [-0.25, -0.2) is 9.37 Å². The van der Waals surface area contributed by atoms with Gasteiger partial charge in [-0.2, -0.15) is 5.26 Å². The van der Waals surface area contributed by atoms with Crippen LogP contribution in [-0.2, 0) is 6.67 Å². The molecule has 0 saturated heterocycles. The van der Waals surface area contributed by atoms with Gasteiger partial charge in [0.25, 0.3) is 0 Å². The van der Waals surface area contributed by atoms with E-state index in [2.05, 4.69) is 9.72 Å². The van der Waals surface area contributed by atoms with Crippen LogP contribution in [0.4, 0.5) is 23.4 Å². The fraction of sp³-hybridized carbons (Fsp3) is 0.250. The molecule has 0 fully saturated rings. The van der Waals surface area contributed by atoms with Crippen LogP contribution in [0, 0.1) is 11.3 Å². The smallest absolute Gasteiger partial charge is 0.401 e. The Morgan fingerprint density at radius 2 is 2.12 bits per heavy atom. The molecule has 0 radical (unpaired) electrons. The van der Waals surface area contributed by atoms with Crippen LogP contribution in [0.1, 0.15) is 11.1 Å². The van der Waals surface area contributed by atoms with Crippen LogP contribution in [0.5, 0.6) is 5.75 Å². The standard InChI is InChI=1S/C8H5F4N3O/c9-1-5-4(2-13)3-15-7(14)6(5)16-8(10,11)12/h3H,1H2,(H2,14,15). The highest BCUT2D eigenvalue weighted by Gasteiger charge is 2.34. The molecule has 0 atom stereocenters. The zero-order chi connectivity index (χ0) is 12.3. The molecular formula is C8H5F4N3O. The maximum Gasteiger partial charge on any atom is 0.573 e. The second kappa shape index (κ2) is 4.22. The average Bonchev–Trinajstić information content (AvgIpc) is 2.19. The highest BCUT2D eigenvalue weighted by molar-refractivity contribution is 5.56. The van der Waals surface area contributed by atoms with Crippen molar-refractivity contribution < 1.29 is 22.3 Å². The SMILES string of the molecule is N#Cc1cnc(N)c(OC(F)(F)F)c1CF. The summed E-state index contributed by atoms with van der Waals surface area (Å²) in [6.07, 6.45) is -4.14. The van der Waals surface area contributed by atoms with E-state index in [0.717, 1.165) is 6.20 Å². The van der Waals surface area contributed by atoms with E-state index in [0.29, 0.717) is 0 Å². The van der Waals surface area contributed by atoms with E-state index >= 15 is 0 Å². The van der Waals surface area contributed by atoms with Crippen molar-refractivity contribution in [3.05, 3.63) is 17.3 Å². The average molecular weight is 235 g/mol. The Hall–Kier alpha value is -2.04. The van der Waals surface area contributed by atoms with Gasteiger partial charge >= 0.3 is 6.36 Å². The summed E-state index contributed by atoms with van der Waals surface area (Å²) in [7, 11) is 0. The number of nitrogens with two attached hydrogens (primary N) is 1. The molecule has 1 rings (SSSR count). The molecule has 0 bridgehead atoms. The molecule has 0 saturated carbocycles. The van der Waals surface area contributed by atoms with Gasteiger partial charge in [-0.15, -0.1) is 13.2 Å². The van der Waals surface area contributed by atoms with Crippen molar-refractivity contribution in [2.75, 3.05) is 5.73 Å². The molecule has 0 aliphatic carbocycles. The fourth-order valence-corrected chi connectivity index (χ4v) is 1.01. The first-order valence-corrected chi connectivity index (χ1v) is 3.88. The van der Waals surface area contributed by atoms with Crippen LogP contribution in [0.2, 0.25) is 0 Å². The predicted molar refractivity (Wildman–Crippen MR) is 44.9 cm³/mol. The third-order valence-electron chi connectivity index (χ3n) is 1.64. The van der Waals surface area contributed by atoms with Crippen molar-refractivity contribution in [2.45, 2.75) is 13.0 Å². The molecule has 1 heterocycles. The van der Waals surface area contributed by atoms with Crippen LogP contribution < -0.4 is 10.5 Å². The Balaban J connectivity index is 3.30. The highest BCUT2D eigenvalue weighted by atomic mass is 19.4. The lowest BCUT2D eigenvalue weighted by molar-refractivity contribution is -0.274. The molecular weight excluding hydrogens is 230 g/mol. The minimum atomic E-state index is -5.02. The van der Waals surface area contributed by atoms with Gasteiger partial charge < -0.3 is 10.5 Å². The van der Waals surface area contributed by atoms with Crippen LogP contribution in [0.3, 0.4) is 0 Å². The molecule has 1 aromatic rings. The molecule has 0 spiro atoms. The van der Waals surface area contributed by atoms with E-state index in [1.807, 2.05) is 0 Å². The number of halogens is 4. The van der Waals surface area contributed by atoms with E-state index < -0.39 is 30.2 Å². The lowest BCUT2D eigenvalue weighted by Gasteiger charge is -2.13. The van der Waals surface area contributed by atoms with Crippen LogP contribution >= 0.6 is 0 Å². The van der Waals surface area contributed by atoms with Gasteiger partial charge in [0.05, 0.1) is 5.56 Å². The van der Waals surface area contributed by atoms with Gasteiger partial charge in [0.15, 0.2) is 11.6 Å². The largest absolute Gasteiger partial charge is 0.573 e. The van der Waals surface area contributed by atoms with Crippen LogP contribution in [0.15, 0.2) is 6.20 Å². The lowest BCUT2D eigenvalue weighted by atomic mass is 10.1. The summed E-state index contributed by atoms with van der Waals surface area (Å²) in [5.41, 5.74) is 4.20. The fourth-order valence-electron chi connectivity index (χ4n) is 1.01. The molecule has 1 aromatic heterocycles. The lowest BCUT2D eigenvalue weighted by Crippen LogP contribution is -2.19. The van der Waals surface area contributed by atoms with Crippen molar-refractivity contribution in [1.29, 1.82) is 5.26 Å². The number of nitrogen functional groups attached to an aromatic ring is 1. The maximum absolute atomic E-state index is 12.5. The minimum Gasteiger partial charge on any atom is -0.401 e. The maximum atomic E-state index is 12.5. The molecule has 0 aromatic carbocycles. The second-order valence-electron chi connectivity index (χ2n) is 2.66. The first-order valence-electron chi connectivity index (χ1n) is 3.88. The monoisotopic (exact) mass is 235 g/mol. The zero-order valence-electron chi connectivity index (χ0n) is 7.68. The summed E-state index contributed by atoms with van der Waals surface area (Å²) < 4.78 is 51.9. The van der Waals surface area contributed by atoms with E-state index in [-0.39, 0.29) is 5.56 Å². The summed E-state index contributed by atoms with van der Waals surface area (Å²) in [6.45, 7) is -1.30. The molecule has 2 N–H and O–H groups in total. The molecule has 8 heteroatoms.